The predicted octanol–water partition coefficient (Wildman–Crippen LogP) is 1.25. The highest BCUT2D eigenvalue weighted by molar-refractivity contribution is 7.71. The lowest BCUT2D eigenvalue weighted by molar-refractivity contribution is 0.561. The topological polar surface area (TPSA) is 60.2 Å². The van der Waals surface area contributed by atoms with Gasteiger partial charge in [0.25, 0.3) is 0 Å². The standard InChI is InChI=1S/C9H9NO3S/c1-6-10-8-3-2-7(5-14(11)12)4-9(8)13-6/h2-4,14H,5H2,1H3. The molecule has 1 aromatic carbocycles. The zero-order chi connectivity index (χ0) is 10.1. The van der Waals surface area contributed by atoms with Crippen molar-refractivity contribution in [3.63, 3.8) is 0 Å². The molecular weight excluding hydrogens is 202 g/mol. The van der Waals surface area contributed by atoms with Crippen molar-refractivity contribution in [2.45, 2.75) is 12.7 Å². The van der Waals surface area contributed by atoms with E-state index in [0.29, 0.717) is 11.5 Å². The van der Waals surface area contributed by atoms with Crippen molar-refractivity contribution in [1.82, 2.24) is 4.98 Å². The van der Waals surface area contributed by atoms with Crippen LogP contribution in [0.5, 0.6) is 0 Å². The second kappa shape index (κ2) is 3.42. The Morgan fingerprint density at radius 2 is 2.21 bits per heavy atom. The summed E-state index contributed by atoms with van der Waals surface area (Å²) in [6, 6.07) is 5.22. The van der Waals surface area contributed by atoms with Gasteiger partial charge in [-0.1, -0.05) is 6.07 Å². The van der Waals surface area contributed by atoms with Crippen LogP contribution in [0.3, 0.4) is 0 Å². The minimum atomic E-state index is -2.39. The highest BCUT2D eigenvalue weighted by atomic mass is 32.2. The van der Waals surface area contributed by atoms with Gasteiger partial charge in [0, 0.05) is 6.92 Å². The average molecular weight is 211 g/mol. The molecule has 0 saturated carbocycles. The molecule has 5 heteroatoms. The quantitative estimate of drug-likeness (QED) is 0.759. The molecule has 1 heterocycles. The molecule has 0 radical (unpaired) electrons. The van der Waals surface area contributed by atoms with Gasteiger partial charge in [-0.05, 0) is 17.7 Å². The molecular formula is C9H9NO3S. The van der Waals surface area contributed by atoms with Gasteiger partial charge in [-0.15, -0.1) is 0 Å². The van der Waals surface area contributed by atoms with E-state index in [2.05, 4.69) is 4.98 Å². The molecule has 0 bridgehead atoms. The second-order valence-electron chi connectivity index (χ2n) is 3.03. The van der Waals surface area contributed by atoms with Crippen LogP contribution in [0, 0.1) is 6.92 Å². The van der Waals surface area contributed by atoms with Crippen molar-refractivity contribution in [3.8, 4) is 0 Å². The zero-order valence-corrected chi connectivity index (χ0v) is 8.45. The summed E-state index contributed by atoms with van der Waals surface area (Å²) in [4.78, 5) is 4.12. The first-order chi connectivity index (χ1) is 6.65. The number of rotatable bonds is 2. The maximum absolute atomic E-state index is 10.5. The molecule has 0 fully saturated rings. The van der Waals surface area contributed by atoms with Crippen molar-refractivity contribution in [2.24, 2.45) is 0 Å². The molecule has 0 aliphatic heterocycles. The summed E-state index contributed by atoms with van der Waals surface area (Å²) in [5.41, 5.74) is 2.12. The van der Waals surface area contributed by atoms with E-state index in [1.54, 1.807) is 25.1 Å². The molecule has 1 aromatic heterocycles. The smallest absolute Gasteiger partial charge is 0.192 e. The lowest BCUT2D eigenvalue weighted by Gasteiger charge is -1.92. The third-order valence-electron chi connectivity index (χ3n) is 1.87. The third-order valence-corrected chi connectivity index (χ3v) is 2.49. The van der Waals surface area contributed by atoms with Gasteiger partial charge in [0.1, 0.15) is 16.2 Å². The van der Waals surface area contributed by atoms with Crippen molar-refractivity contribution < 1.29 is 12.8 Å². The normalized spacial score (nSPS) is 11.3. The van der Waals surface area contributed by atoms with E-state index in [4.69, 9.17) is 4.42 Å². The van der Waals surface area contributed by atoms with Gasteiger partial charge in [0.15, 0.2) is 11.5 Å². The average Bonchev–Trinajstić information content (AvgIpc) is 2.42. The Bertz CT molecular complexity index is 534. The molecule has 74 valence electrons. The summed E-state index contributed by atoms with van der Waals surface area (Å²) in [7, 11) is -2.39. The van der Waals surface area contributed by atoms with E-state index >= 15 is 0 Å². The lowest BCUT2D eigenvalue weighted by Crippen LogP contribution is -1.85. The lowest BCUT2D eigenvalue weighted by atomic mass is 10.2. The van der Waals surface area contributed by atoms with Crippen LogP contribution in [-0.4, -0.2) is 13.4 Å². The van der Waals surface area contributed by atoms with E-state index in [1.165, 1.54) is 0 Å². The fourth-order valence-electron chi connectivity index (χ4n) is 1.33. The summed E-state index contributed by atoms with van der Waals surface area (Å²) in [6.07, 6.45) is 0. The molecule has 14 heavy (non-hydrogen) atoms. The molecule has 0 spiro atoms. The highest BCUT2D eigenvalue weighted by Gasteiger charge is 2.03. The van der Waals surface area contributed by atoms with Crippen molar-refractivity contribution in [2.75, 3.05) is 0 Å². The zero-order valence-electron chi connectivity index (χ0n) is 7.56. The van der Waals surface area contributed by atoms with Gasteiger partial charge < -0.3 is 4.42 Å². The maximum Gasteiger partial charge on any atom is 0.192 e. The van der Waals surface area contributed by atoms with E-state index < -0.39 is 10.7 Å². The minimum absolute atomic E-state index is 0.0466. The van der Waals surface area contributed by atoms with Crippen LogP contribution in [0.25, 0.3) is 11.1 Å². The molecule has 0 amide bonds. The summed E-state index contributed by atoms with van der Waals surface area (Å²) < 4.78 is 26.3. The van der Waals surface area contributed by atoms with Gasteiger partial charge in [-0.2, -0.15) is 0 Å². The first-order valence-corrected chi connectivity index (χ1v) is 5.49. The first-order valence-electron chi connectivity index (χ1n) is 4.13. The van der Waals surface area contributed by atoms with Crippen LogP contribution in [0.4, 0.5) is 0 Å². The van der Waals surface area contributed by atoms with Crippen molar-refractivity contribution >= 4 is 21.8 Å². The van der Waals surface area contributed by atoms with Gasteiger partial charge in [-0.3, -0.25) is 0 Å². The van der Waals surface area contributed by atoms with E-state index in [0.717, 1.165) is 11.1 Å². The molecule has 0 N–H and O–H groups in total. The van der Waals surface area contributed by atoms with Gasteiger partial charge in [0.05, 0.1) is 5.75 Å². The Hall–Kier alpha value is -1.36. The summed E-state index contributed by atoms with van der Waals surface area (Å²) in [6.45, 7) is 1.76. The van der Waals surface area contributed by atoms with Crippen molar-refractivity contribution in [3.05, 3.63) is 29.7 Å². The van der Waals surface area contributed by atoms with Gasteiger partial charge in [0.2, 0.25) is 0 Å². The van der Waals surface area contributed by atoms with Crippen LogP contribution in [0.15, 0.2) is 22.6 Å². The summed E-state index contributed by atoms with van der Waals surface area (Å²) in [5.74, 6) is 0.633. The number of nitrogens with zero attached hydrogens (tertiary/aromatic N) is 1. The van der Waals surface area contributed by atoms with Crippen molar-refractivity contribution in [1.29, 1.82) is 0 Å². The molecule has 4 nitrogen and oxygen atoms in total. The SMILES string of the molecule is Cc1nc2ccc(C[SH](=O)=O)cc2o1. The Labute approximate surface area is 82.5 Å². The number of hydrogen-bond acceptors (Lipinski definition) is 4. The maximum atomic E-state index is 10.5. The summed E-state index contributed by atoms with van der Waals surface area (Å²) >= 11 is 0. The molecule has 0 aliphatic carbocycles. The van der Waals surface area contributed by atoms with Crippen LogP contribution in [0.1, 0.15) is 11.5 Å². The monoisotopic (exact) mass is 211 g/mol. The molecule has 2 rings (SSSR count). The number of hydrogen-bond donors (Lipinski definition) is 1. The Balaban J connectivity index is 2.50. The van der Waals surface area contributed by atoms with E-state index in [1.807, 2.05) is 0 Å². The minimum Gasteiger partial charge on any atom is -0.441 e. The Morgan fingerprint density at radius 1 is 1.43 bits per heavy atom. The fourth-order valence-corrected chi connectivity index (χ4v) is 1.83. The molecule has 0 unspecified atom stereocenters. The number of thiol groups is 1. The molecule has 0 saturated heterocycles. The number of benzene rings is 1. The number of fused-ring (bicyclic) bond motifs is 1. The van der Waals surface area contributed by atoms with Gasteiger partial charge in [-0.25, -0.2) is 13.4 Å². The van der Waals surface area contributed by atoms with Crippen LogP contribution < -0.4 is 0 Å². The molecule has 0 atom stereocenters. The largest absolute Gasteiger partial charge is 0.441 e. The van der Waals surface area contributed by atoms with Crippen LogP contribution >= 0.6 is 0 Å². The fraction of sp³-hybridized carbons (Fsp3) is 0.222. The summed E-state index contributed by atoms with van der Waals surface area (Å²) in [5, 5.41) is 0. The molecule has 2 aromatic rings. The van der Waals surface area contributed by atoms with Gasteiger partial charge >= 0.3 is 0 Å². The number of oxazole rings is 1. The molecule has 0 aliphatic rings. The van der Waals surface area contributed by atoms with E-state index in [9.17, 15) is 8.42 Å². The predicted molar refractivity (Wildman–Crippen MR) is 52.8 cm³/mol. The number of aryl methyl sites for hydroxylation is 1. The Kier molecular flexibility index (Phi) is 2.25. The van der Waals surface area contributed by atoms with Crippen LogP contribution in [0.2, 0.25) is 0 Å². The number of aromatic nitrogens is 1. The highest BCUT2D eigenvalue weighted by Crippen LogP contribution is 2.17. The first kappa shape index (κ1) is 9.21. The van der Waals surface area contributed by atoms with Crippen LogP contribution in [-0.2, 0) is 16.5 Å². The third kappa shape index (κ3) is 1.77. The Morgan fingerprint density at radius 3 is 2.93 bits per heavy atom. The second-order valence-corrected chi connectivity index (χ2v) is 4.01. The van der Waals surface area contributed by atoms with E-state index in [-0.39, 0.29) is 5.75 Å².